The Morgan fingerprint density at radius 2 is 0.909 bits per heavy atom. The zero-order valence-corrected chi connectivity index (χ0v) is 13.6. The topological polar surface area (TPSA) is 85.3 Å². The number of benzene rings is 2. The summed E-state index contributed by atoms with van der Waals surface area (Å²) < 4.78 is 47.0. The number of carbonyl (C=O) groups excluding carboxylic acids is 1. The summed E-state index contributed by atoms with van der Waals surface area (Å²) in [7, 11) is -9.20. The molecule has 2 aromatic carbocycles. The van der Waals surface area contributed by atoms with E-state index < -0.39 is 24.1 Å². The van der Waals surface area contributed by atoms with Crippen LogP contribution in [0.5, 0.6) is 0 Å². The molecule has 0 aromatic heterocycles. The highest BCUT2D eigenvalue weighted by Gasteiger charge is 2.37. The molecule has 0 saturated heterocycles. The summed E-state index contributed by atoms with van der Waals surface area (Å²) in [5.74, 6) is 0. The molecule has 0 bridgehead atoms. The van der Waals surface area contributed by atoms with Gasteiger partial charge in [0.25, 0.3) is 19.7 Å². The van der Waals surface area contributed by atoms with Gasteiger partial charge < -0.3 is 0 Å². The first-order valence-electron chi connectivity index (χ1n) is 6.33. The zero-order valence-electron chi connectivity index (χ0n) is 12.0. The molecule has 0 heterocycles. The normalized spacial score (nSPS) is 12.1. The van der Waals surface area contributed by atoms with Crippen LogP contribution in [0, 0.1) is 13.8 Å². The minimum atomic E-state index is -4.60. The van der Waals surface area contributed by atoms with Crippen molar-refractivity contribution in [3.8, 4) is 0 Å². The van der Waals surface area contributed by atoms with Gasteiger partial charge in [0, 0.05) is 0 Å². The highest BCUT2D eigenvalue weighted by Crippen LogP contribution is 2.21. The predicted molar refractivity (Wildman–Crippen MR) is 82.1 cm³/mol. The summed E-state index contributed by atoms with van der Waals surface area (Å²) >= 11 is 0. The van der Waals surface area contributed by atoms with Gasteiger partial charge in [-0.3, -0.25) is 4.79 Å². The number of sulfone groups is 2. The lowest BCUT2D eigenvalue weighted by Crippen LogP contribution is -2.23. The van der Waals surface area contributed by atoms with E-state index in [1.165, 1.54) is 48.5 Å². The van der Waals surface area contributed by atoms with Crippen LogP contribution < -0.4 is 0 Å². The van der Waals surface area contributed by atoms with Crippen molar-refractivity contribution in [3.05, 3.63) is 59.7 Å². The van der Waals surface area contributed by atoms with Crippen molar-refractivity contribution in [2.75, 3.05) is 0 Å². The van der Waals surface area contributed by atoms with E-state index in [0.717, 1.165) is 11.1 Å². The second-order valence-electron chi connectivity index (χ2n) is 4.88. The molecule has 0 aliphatic heterocycles. The smallest absolute Gasteiger partial charge is 0.262 e. The molecule has 5 nitrogen and oxygen atoms in total. The van der Waals surface area contributed by atoms with Crippen molar-refractivity contribution < 1.29 is 21.6 Å². The molecule has 0 radical (unpaired) electrons. The molecule has 0 unspecified atom stereocenters. The number of hydrogen-bond donors (Lipinski definition) is 0. The fraction of sp³-hybridized carbons (Fsp3) is 0.133. The first-order valence-corrected chi connectivity index (χ1v) is 9.30. The molecule has 116 valence electrons. The van der Waals surface area contributed by atoms with Crippen LogP contribution in [0.3, 0.4) is 0 Å². The van der Waals surface area contributed by atoms with Crippen LogP contribution in [0.2, 0.25) is 0 Å². The lowest BCUT2D eigenvalue weighted by molar-refractivity contribution is 0.272. The third-order valence-corrected chi connectivity index (χ3v) is 7.08. The minimum Gasteiger partial charge on any atom is -0.262 e. The Bertz CT molecular complexity index is 829. The van der Waals surface area contributed by atoms with Gasteiger partial charge in [-0.1, -0.05) is 35.4 Å². The van der Waals surface area contributed by atoms with E-state index in [0.29, 0.717) is 0 Å². The SMILES string of the molecule is Cc1ccc(S(=O)(=O)C(=O)S(=O)(=O)c2ccc(C)cc2)cc1. The van der Waals surface area contributed by atoms with Gasteiger partial charge in [-0.15, -0.1) is 0 Å². The molecule has 7 heteroatoms. The lowest BCUT2D eigenvalue weighted by atomic mass is 10.2. The molecule has 0 fully saturated rings. The molecule has 22 heavy (non-hydrogen) atoms. The molecule has 2 rings (SSSR count). The van der Waals surface area contributed by atoms with Crippen LogP contribution in [-0.4, -0.2) is 21.3 Å². The predicted octanol–water partition coefficient (Wildman–Crippen LogP) is 2.67. The van der Waals surface area contributed by atoms with E-state index in [1.807, 2.05) is 0 Å². The van der Waals surface area contributed by atoms with E-state index in [2.05, 4.69) is 0 Å². The molecule has 0 amide bonds. The molecule has 2 aromatic rings. The van der Waals surface area contributed by atoms with Gasteiger partial charge in [0.2, 0.25) is 0 Å². The number of hydrogen-bond acceptors (Lipinski definition) is 5. The van der Waals surface area contributed by atoms with Crippen LogP contribution in [0.25, 0.3) is 0 Å². The Morgan fingerprint density at radius 3 is 1.18 bits per heavy atom. The number of rotatable bonds is 2. The maximum absolute atomic E-state index is 12.2. The molecule has 0 aliphatic rings. The Kier molecular flexibility index (Phi) is 4.21. The van der Waals surface area contributed by atoms with E-state index in [9.17, 15) is 21.6 Å². The van der Waals surface area contributed by atoms with Crippen molar-refractivity contribution in [1.29, 1.82) is 0 Å². The molecule has 0 saturated carbocycles. The van der Waals surface area contributed by atoms with Gasteiger partial charge in [0.05, 0.1) is 9.79 Å². The van der Waals surface area contributed by atoms with Gasteiger partial charge in [-0.25, -0.2) is 16.8 Å². The summed E-state index contributed by atoms with van der Waals surface area (Å²) in [5, 5.41) is 0. The van der Waals surface area contributed by atoms with Crippen LogP contribution in [-0.2, 0) is 19.7 Å². The quantitative estimate of drug-likeness (QED) is 0.840. The van der Waals surface area contributed by atoms with E-state index in [1.54, 1.807) is 13.8 Å². The van der Waals surface area contributed by atoms with Crippen molar-refractivity contribution in [2.24, 2.45) is 0 Å². The van der Waals surface area contributed by atoms with Crippen LogP contribution in [0.4, 0.5) is 4.79 Å². The van der Waals surface area contributed by atoms with Gasteiger partial charge in [0.1, 0.15) is 0 Å². The molecular formula is C15H14O5S2. The van der Waals surface area contributed by atoms with Crippen molar-refractivity contribution >= 4 is 24.1 Å². The van der Waals surface area contributed by atoms with E-state index >= 15 is 0 Å². The van der Waals surface area contributed by atoms with Crippen molar-refractivity contribution in [3.63, 3.8) is 0 Å². The second kappa shape index (κ2) is 5.66. The van der Waals surface area contributed by atoms with Gasteiger partial charge in [0.15, 0.2) is 0 Å². The average Bonchev–Trinajstić information content (AvgIpc) is 2.47. The van der Waals surface area contributed by atoms with Crippen LogP contribution in [0.1, 0.15) is 11.1 Å². The number of aryl methyl sites for hydroxylation is 2. The number of carbonyl (C=O) groups is 1. The van der Waals surface area contributed by atoms with Gasteiger partial charge in [-0.2, -0.15) is 0 Å². The summed E-state index contributed by atoms with van der Waals surface area (Å²) in [5.41, 5.74) is 1.60. The van der Waals surface area contributed by atoms with Crippen LogP contribution >= 0.6 is 0 Å². The maximum atomic E-state index is 12.2. The Labute approximate surface area is 129 Å². The summed E-state index contributed by atoms with van der Waals surface area (Å²) in [4.78, 5) is 11.4. The van der Waals surface area contributed by atoms with E-state index in [4.69, 9.17) is 0 Å². The van der Waals surface area contributed by atoms with Gasteiger partial charge in [-0.05, 0) is 38.1 Å². The third kappa shape index (κ3) is 2.95. The fourth-order valence-electron chi connectivity index (χ4n) is 1.77. The first kappa shape index (κ1) is 16.4. The Balaban J connectivity index is 2.50. The van der Waals surface area contributed by atoms with Crippen LogP contribution in [0.15, 0.2) is 58.3 Å². The monoisotopic (exact) mass is 338 g/mol. The second-order valence-corrected chi connectivity index (χ2v) is 8.84. The van der Waals surface area contributed by atoms with E-state index in [-0.39, 0.29) is 9.79 Å². The van der Waals surface area contributed by atoms with Crippen molar-refractivity contribution in [2.45, 2.75) is 23.6 Å². The zero-order chi connectivity index (χ0) is 16.5. The molecule has 0 spiro atoms. The summed E-state index contributed by atoms with van der Waals surface area (Å²) in [6.07, 6.45) is 0. The van der Waals surface area contributed by atoms with Gasteiger partial charge >= 0.3 is 4.45 Å². The fourth-order valence-corrected chi connectivity index (χ4v) is 4.88. The maximum Gasteiger partial charge on any atom is 0.369 e. The molecule has 0 aliphatic carbocycles. The largest absolute Gasteiger partial charge is 0.369 e. The Morgan fingerprint density at radius 1 is 0.636 bits per heavy atom. The lowest BCUT2D eigenvalue weighted by Gasteiger charge is -2.06. The Hall–Kier alpha value is -1.99. The first-order chi connectivity index (χ1) is 10.2. The third-order valence-electron chi connectivity index (χ3n) is 3.10. The highest BCUT2D eigenvalue weighted by atomic mass is 32.3. The standard InChI is InChI=1S/C15H14O5S2/c1-11-3-7-13(8-4-11)21(17,18)15(16)22(19,20)14-9-5-12(2)6-10-14/h3-10H,1-2H3. The summed E-state index contributed by atoms with van der Waals surface area (Å²) in [6.45, 7) is 3.50. The molecular weight excluding hydrogens is 324 g/mol. The average molecular weight is 338 g/mol. The minimum absolute atomic E-state index is 0.334. The van der Waals surface area contributed by atoms with Crippen molar-refractivity contribution in [1.82, 2.24) is 0 Å². The highest BCUT2D eigenvalue weighted by molar-refractivity contribution is 8.31. The summed E-state index contributed by atoms with van der Waals surface area (Å²) in [6, 6.07) is 10.9. The molecule has 0 atom stereocenters. The molecule has 0 N–H and O–H groups in total.